The lowest BCUT2D eigenvalue weighted by Gasteiger charge is -2.23. The molecular weight excluding hydrogens is 250 g/mol. The van der Waals surface area contributed by atoms with E-state index in [1.807, 2.05) is 12.1 Å². The minimum Gasteiger partial charge on any atom is -0.371 e. The second kappa shape index (κ2) is 6.27. The third-order valence-electron chi connectivity index (χ3n) is 4.21. The van der Waals surface area contributed by atoms with E-state index in [9.17, 15) is 4.79 Å². The summed E-state index contributed by atoms with van der Waals surface area (Å²) in [6, 6.07) is 8.18. The third kappa shape index (κ3) is 3.12. The van der Waals surface area contributed by atoms with Crippen LogP contribution < -0.4 is 15.5 Å². The first-order valence-corrected chi connectivity index (χ1v) is 7.72. The Labute approximate surface area is 120 Å². The number of amides is 1. The lowest BCUT2D eigenvalue weighted by Crippen LogP contribution is -2.43. The Hall–Kier alpha value is -1.55. The van der Waals surface area contributed by atoms with Crippen LogP contribution in [0.2, 0.25) is 0 Å². The van der Waals surface area contributed by atoms with Crippen molar-refractivity contribution in [2.24, 2.45) is 0 Å². The molecular formula is C16H23N3O. The molecule has 2 fully saturated rings. The zero-order valence-electron chi connectivity index (χ0n) is 11.9. The fraction of sp³-hybridized carbons (Fsp3) is 0.562. The van der Waals surface area contributed by atoms with Gasteiger partial charge in [0.05, 0.1) is 6.04 Å². The first-order valence-electron chi connectivity index (χ1n) is 7.72. The van der Waals surface area contributed by atoms with Gasteiger partial charge in [-0.25, -0.2) is 0 Å². The quantitative estimate of drug-likeness (QED) is 0.888. The maximum atomic E-state index is 12.2. The molecule has 20 heavy (non-hydrogen) atoms. The number of hydrogen-bond donors (Lipinski definition) is 2. The molecule has 0 saturated carbocycles. The van der Waals surface area contributed by atoms with Gasteiger partial charge in [0, 0.05) is 24.5 Å². The van der Waals surface area contributed by atoms with Gasteiger partial charge in [0.2, 0.25) is 5.91 Å². The van der Waals surface area contributed by atoms with E-state index in [1.54, 1.807) is 0 Å². The number of benzene rings is 1. The predicted molar refractivity (Wildman–Crippen MR) is 82.2 cm³/mol. The number of hydrogen-bond acceptors (Lipinski definition) is 3. The Balaban J connectivity index is 1.64. The summed E-state index contributed by atoms with van der Waals surface area (Å²) in [5.74, 6) is 0.100. The van der Waals surface area contributed by atoms with E-state index in [0.717, 1.165) is 38.2 Å². The van der Waals surface area contributed by atoms with Gasteiger partial charge in [-0.2, -0.15) is 0 Å². The number of carbonyl (C=O) groups is 1. The van der Waals surface area contributed by atoms with Crippen LogP contribution in [-0.2, 0) is 4.79 Å². The van der Waals surface area contributed by atoms with Crippen LogP contribution in [0.5, 0.6) is 0 Å². The molecule has 2 saturated heterocycles. The smallest absolute Gasteiger partial charge is 0.241 e. The fourth-order valence-corrected chi connectivity index (χ4v) is 3.06. The van der Waals surface area contributed by atoms with E-state index in [1.165, 1.54) is 24.9 Å². The summed E-state index contributed by atoms with van der Waals surface area (Å²) in [7, 11) is 0. The van der Waals surface area contributed by atoms with E-state index >= 15 is 0 Å². The summed E-state index contributed by atoms with van der Waals surface area (Å²) >= 11 is 0. The van der Waals surface area contributed by atoms with Crippen LogP contribution in [0, 0.1) is 0 Å². The SMILES string of the molecule is O=C(Nc1cccc(N2CCCC2)c1)[C@@H]1CCCCN1. The lowest BCUT2D eigenvalue weighted by atomic mass is 10.0. The average Bonchev–Trinajstić information content (AvgIpc) is 3.03. The molecule has 4 nitrogen and oxygen atoms in total. The summed E-state index contributed by atoms with van der Waals surface area (Å²) in [4.78, 5) is 14.6. The minimum absolute atomic E-state index is 0.0285. The van der Waals surface area contributed by atoms with Crippen molar-refractivity contribution in [3.8, 4) is 0 Å². The first-order chi connectivity index (χ1) is 9.83. The number of rotatable bonds is 3. The van der Waals surface area contributed by atoms with Gasteiger partial charge in [-0.1, -0.05) is 12.5 Å². The maximum Gasteiger partial charge on any atom is 0.241 e. The molecule has 108 valence electrons. The molecule has 2 N–H and O–H groups in total. The lowest BCUT2D eigenvalue weighted by molar-refractivity contribution is -0.118. The molecule has 0 spiro atoms. The normalized spacial score (nSPS) is 22.8. The highest BCUT2D eigenvalue weighted by atomic mass is 16.2. The molecule has 2 heterocycles. The van der Waals surface area contributed by atoms with Crippen molar-refractivity contribution in [1.29, 1.82) is 0 Å². The second-order valence-electron chi connectivity index (χ2n) is 5.74. The zero-order valence-corrected chi connectivity index (χ0v) is 11.9. The van der Waals surface area contributed by atoms with Crippen LogP contribution in [-0.4, -0.2) is 31.6 Å². The summed E-state index contributed by atoms with van der Waals surface area (Å²) in [6.45, 7) is 3.20. The Bertz CT molecular complexity index is 463. The van der Waals surface area contributed by atoms with Crippen molar-refractivity contribution >= 4 is 17.3 Å². The molecule has 1 aromatic rings. The molecule has 1 aromatic carbocycles. The average molecular weight is 273 g/mol. The van der Waals surface area contributed by atoms with Crippen LogP contribution in [0.3, 0.4) is 0 Å². The van der Waals surface area contributed by atoms with Gasteiger partial charge in [-0.05, 0) is 50.4 Å². The van der Waals surface area contributed by atoms with Crippen LogP contribution in [0.4, 0.5) is 11.4 Å². The van der Waals surface area contributed by atoms with Gasteiger partial charge in [-0.3, -0.25) is 4.79 Å². The second-order valence-corrected chi connectivity index (χ2v) is 5.74. The molecule has 0 aliphatic carbocycles. The maximum absolute atomic E-state index is 12.2. The van der Waals surface area contributed by atoms with Crippen molar-refractivity contribution in [2.45, 2.75) is 38.1 Å². The van der Waals surface area contributed by atoms with Gasteiger partial charge in [0.15, 0.2) is 0 Å². The molecule has 2 aliphatic heterocycles. The van der Waals surface area contributed by atoms with Crippen molar-refractivity contribution in [3.05, 3.63) is 24.3 Å². The summed E-state index contributed by atoms with van der Waals surface area (Å²) < 4.78 is 0. The van der Waals surface area contributed by atoms with E-state index < -0.39 is 0 Å². The molecule has 0 radical (unpaired) electrons. The van der Waals surface area contributed by atoms with Crippen LogP contribution in [0.1, 0.15) is 32.1 Å². The van der Waals surface area contributed by atoms with Crippen molar-refractivity contribution in [3.63, 3.8) is 0 Å². The zero-order chi connectivity index (χ0) is 13.8. The van der Waals surface area contributed by atoms with E-state index in [-0.39, 0.29) is 11.9 Å². The number of piperidine rings is 1. The number of carbonyl (C=O) groups excluding carboxylic acids is 1. The molecule has 2 aliphatic rings. The highest BCUT2D eigenvalue weighted by Gasteiger charge is 2.20. The van der Waals surface area contributed by atoms with E-state index in [4.69, 9.17) is 0 Å². The van der Waals surface area contributed by atoms with Crippen LogP contribution in [0.25, 0.3) is 0 Å². The molecule has 0 unspecified atom stereocenters. The van der Waals surface area contributed by atoms with E-state index in [2.05, 4.69) is 27.7 Å². The highest BCUT2D eigenvalue weighted by molar-refractivity contribution is 5.95. The van der Waals surface area contributed by atoms with Gasteiger partial charge in [0.1, 0.15) is 0 Å². The third-order valence-corrected chi connectivity index (χ3v) is 4.21. The summed E-state index contributed by atoms with van der Waals surface area (Å²) in [5.41, 5.74) is 2.13. The van der Waals surface area contributed by atoms with Crippen molar-refractivity contribution in [2.75, 3.05) is 29.9 Å². The van der Waals surface area contributed by atoms with Gasteiger partial charge >= 0.3 is 0 Å². The first kappa shape index (κ1) is 13.4. The van der Waals surface area contributed by atoms with E-state index in [0.29, 0.717) is 0 Å². The Morgan fingerprint density at radius 3 is 2.80 bits per heavy atom. The molecule has 3 rings (SSSR count). The largest absolute Gasteiger partial charge is 0.371 e. The monoisotopic (exact) mass is 273 g/mol. The summed E-state index contributed by atoms with van der Waals surface area (Å²) in [6.07, 6.45) is 5.79. The number of anilines is 2. The van der Waals surface area contributed by atoms with Crippen molar-refractivity contribution in [1.82, 2.24) is 5.32 Å². The highest BCUT2D eigenvalue weighted by Crippen LogP contribution is 2.23. The standard InChI is InChI=1S/C16H23N3O/c20-16(15-8-1-2-9-17-15)18-13-6-5-7-14(12-13)19-10-3-4-11-19/h5-7,12,15,17H,1-4,8-11H2,(H,18,20)/t15-/m0/s1. The predicted octanol–water partition coefficient (Wildman–Crippen LogP) is 2.37. The van der Waals surface area contributed by atoms with Crippen LogP contribution >= 0.6 is 0 Å². The fourth-order valence-electron chi connectivity index (χ4n) is 3.06. The molecule has 4 heteroatoms. The molecule has 1 amide bonds. The molecule has 0 bridgehead atoms. The van der Waals surface area contributed by atoms with Gasteiger partial charge < -0.3 is 15.5 Å². The Morgan fingerprint density at radius 2 is 2.05 bits per heavy atom. The van der Waals surface area contributed by atoms with Gasteiger partial charge in [-0.15, -0.1) is 0 Å². The van der Waals surface area contributed by atoms with Crippen LogP contribution in [0.15, 0.2) is 24.3 Å². The number of nitrogens with one attached hydrogen (secondary N) is 2. The Morgan fingerprint density at radius 1 is 1.20 bits per heavy atom. The summed E-state index contributed by atoms with van der Waals surface area (Å²) in [5, 5.41) is 6.33. The van der Waals surface area contributed by atoms with Crippen molar-refractivity contribution < 1.29 is 4.79 Å². The topological polar surface area (TPSA) is 44.4 Å². The minimum atomic E-state index is -0.0285. The number of nitrogens with zero attached hydrogens (tertiary/aromatic N) is 1. The van der Waals surface area contributed by atoms with Gasteiger partial charge in [0.25, 0.3) is 0 Å². The molecule has 1 atom stereocenters. The molecule has 0 aromatic heterocycles. The Kier molecular flexibility index (Phi) is 4.21.